The predicted molar refractivity (Wildman–Crippen MR) is 153 cm³/mol. The Morgan fingerprint density at radius 3 is 2.04 bits per heavy atom. The molecule has 2 heterocycles. The van der Waals surface area contributed by atoms with Gasteiger partial charge in [-0.3, -0.25) is 43.2 Å². The molecule has 0 aromatic rings. The lowest BCUT2D eigenvalue weighted by Gasteiger charge is -2.30. The molecule has 250 valence electrons. The third kappa shape index (κ3) is 11.7. The van der Waals surface area contributed by atoms with Gasteiger partial charge in [0.05, 0.1) is 19.5 Å². The van der Waals surface area contributed by atoms with Gasteiger partial charge in [0, 0.05) is 13.0 Å². The van der Waals surface area contributed by atoms with E-state index in [1.807, 2.05) is 13.8 Å². The van der Waals surface area contributed by atoms with E-state index in [1.165, 1.54) is 11.8 Å². The number of carboxylic acid groups (broad SMARTS) is 2. The maximum atomic E-state index is 13.5. The Kier molecular flexibility index (Phi) is 13.7. The monoisotopic (exact) mass is 639 g/mol. The molecule has 18 nitrogen and oxygen atoms in total. The molecule has 0 saturated carbocycles. The van der Waals surface area contributed by atoms with Crippen LogP contribution in [0.5, 0.6) is 0 Å². The van der Waals surface area contributed by atoms with E-state index in [9.17, 15) is 48.3 Å². The first kappa shape index (κ1) is 36.4. The quantitative estimate of drug-likeness (QED) is 0.136. The Bertz CT molecular complexity index is 1190. The van der Waals surface area contributed by atoms with Gasteiger partial charge in [0.25, 0.3) is 0 Å². The normalized spacial score (nSPS) is 26.4. The molecular formula is C27H41N7O11. The van der Waals surface area contributed by atoms with Gasteiger partial charge in [-0.25, -0.2) is 0 Å². The van der Waals surface area contributed by atoms with Crippen LogP contribution in [0.2, 0.25) is 0 Å². The molecule has 0 bridgehead atoms. The number of carboxylic acids is 2. The second-order valence-corrected chi connectivity index (χ2v) is 11.3. The zero-order valence-corrected chi connectivity index (χ0v) is 25.3. The van der Waals surface area contributed by atoms with Crippen LogP contribution in [0.15, 0.2) is 0 Å². The molecule has 2 fully saturated rings. The van der Waals surface area contributed by atoms with Crippen molar-refractivity contribution >= 4 is 53.3 Å². The lowest BCUT2D eigenvalue weighted by atomic mass is 10.0. The summed E-state index contributed by atoms with van der Waals surface area (Å²) < 4.78 is 0. The minimum absolute atomic E-state index is 0.0405. The van der Waals surface area contributed by atoms with Crippen molar-refractivity contribution in [2.75, 3.05) is 19.6 Å². The fourth-order valence-electron chi connectivity index (χ4n) is 4.84. The Labute approximate surface area is 258 Å². The number of nitrogens with zero attached hydrogens (tertiary/aromatic N) is 1. The summed E-state index contributed by atoms with van der Waals surface area (Å²) in [6.07, 6.45) is -0.971. The number of amides is 7. The fourth-order valence-corrected chi connectivity index (χ4v) is 4.84. The van der Waals surface area contributed by atoms with Crippen LogP contribution in [0, 0.1) is 5.92 Å². The molecule has 0 aromatic carbocycles. The highest BCUT2D eigenvalue weighted by molar-refractivity contribution is 5.98. The number of aliphatic carboxylic acids is 2. The van der Waals surface area contributed by atoms with Crippen LogP contribution in [-0.2, 0) is 43.2 Å². The van der Waals surface area contributed by atoms with Crippen molar-refractivity contribution in [1.82, 2.24) is 36.8 Å². The molecule has 2 rings (SSSR count). The number of nitrogens with one attached hydrogen (secondary N) is 6. The number of hydrogen-bond acceptors (Lipinski definition) is 9. The summed E-state index contributed by atoms with van der Waals surface area (Å²) in [4.78, 5) is 114. The molecule has 45 heavy (non-hydrogen) atoms. The van der Waals surface area contributed by atoms with Crippen LogP contribution >= 0.6 is 0 Å². The summed E-state index contributed by atoms with van der Waals surface area (Å²) in [7, 11) is 0. The molecule has 5 atom stereocenters. The third-order valence-electron chi connectivity index (χ3n) is 7.09. The van der Waals surface area contributed by atoms with Crippen LogP contribution in [0.4, 0.5) is 0 Å². The number of hydrogen-bond donors (Lipinski definition) is 8. The number of rotatable bonds is 7. The van der Waals surface area contributed by atoms with E-state index >= 15 is 0 Å². The number of carbonyl (C=O) groups excluding carboxylic acids is 7. The standard InChI is InChI=1S/C27H41N7O11/c1-13(2)9-17-27(45)34-8-4-5-18(34)26(44)30-14(3)23(41)32-15(6-7-21(37)38)25(43)33-16(10-22(39)40)24(42)29-11-19(35)28-12-20(36)31-17/h13-18H,4-12H2,1-3H3,(H,28,35)(H,29,42)(H,30,44)(H,31,36)(H,32,41)(H,33,43)(H,37,38)(H,39,40)/t14-,15-,16-,17-,18-/m0/s1. The molecule has 2 saturated heterocycles. The molecule has 2 aliphatic heterocycles. The van der Waals surface area contributed by atoms with E-state index in [4.69, 9.17) is 5.11 Å². The Hall–Kier alpha value is -4.77. The zero-order chi connectivity index (χ0) is 33.8. The average molecular weight is 640 g/mol. The van der Waals surface area contributed by atoms with Crippen LogP contribution in [-0.4, -0.2) is 118 Å². The van der Waals surface area contributed by atoms with Gasteiger partial charge in [-0.1, -0.05) is 13.8 Å². The van der Waals surface area contributed by atoms with Gasteiger partial charge in [-0.2, -0.15) is 0 Å². The SMILES string of the molecule is CC(C)C[C@@H]1NC(=O)CNC(=O)CNC(=O)[C@H](CC(=O)O)NC(=O)[C@H](CCC(=O)O)NC(=O)[C@H](C)NC(=O)[C@@H]2CCCN2C1=O. The first-order valence-corrected chi connectivity index (χ1v) is 14.6. The first-order valence-electron chi connectivity index (χ1n) is 14.6. The molecule has 0 aliphatic carbocycles. The Morgan fingerprint density at radius 1 is 0.778 bits per heavy atom. The van der Waals surface area contributed by atoms with E-state index in [1.54, 1.807) is 0 Å². The van der Waals surface area contributed by atoms with E-state index in [-0.39, 0.29) is 25.3 Å². The maximum absolute atomic E-state index is 13.5. The van der Waals surface area contributed by atoms with Gasteiger partial charge in [0.2, 0.25) is 41.4 Å². The third-order valence-corrected chi connectivity index (χ3v) is 7.09. The van der Waals surface area contributed by atoms with Crippen molar-refractivity contribution in [2.24, 2.45) is 5.92 Å². The van der Waals surface area contributed by atoms with Crippen LogP contribution < -0.4 is 31.9 Å². The van der Waals surface area contributed by atoms with Crippen molar-refractivity contribution in [1.29, 1.82) is 0 Å². The van der Waals surface area contributed by atoms with Gasteiger partial charge < -0.3 is 47.0 Å². The zero-order valence-electron chi connectivity index (χ0n) is 25.3. The lowest BCUT2D eigenvalue weighted by Crippen LogP contribution is -2.58. The average Bonchev–Trinajstić information content (AvgIpc) is 3.44. The van der Waals surface area contributed by atoms with E-state index in [2.05, 4.69) is 31.9 Å². The van der Waals surface area contributed by atoms with E-state index < -0.39 is 116 Å². The lowest BCUT2D eigenvalue weighted by molar-refractivity contribution is -0.142. The summed E-state index contributed by atoms with van der Waals surface area (Å²) in [6, 6.07) is -6.52. The van der Waals surface area contributed by atoms with Gasteiger partial charge >= 0.3 is 11.9 Å². The summed E-state index contributed by atoms with van der Waals surface area (Å²) in [5.41, 5.74) is 0. The first-order chi connectivity index (χ1) is 21.1. The smallest absolute Gasteiger partial charge is 0.305 e. The largest absolute Gasteiger partial charge is 0.481 e. The van der Waals surface area contributed by atoms with Crippen LogP contribution in [0.1, 0.15) is 59.3 Å². The predicted octanol–water partition coefficient (Wildman–Crippen LogP) is -3.43. The molecule has 8 N–H and O–H groups in total. The molecule has 0 spiro atoms. The van der Waals surface area contributed by atoms with E-state index in [0.717, 1.165) is 0 Å². The summed E-state index contributed by atoms with van der Waals surface area (Å²) in [6.45, 7) is 3.92. The number of carbonyl (C=O) groups is 9. The van der Waals surface area contributed by atoms with E-state index in [0.29, 0.717) is 6.42 Å². The Balaban J connectivity index is 2.40. The minimum atomic E-state index is -1.72. The highest BCUT2D eigenvalue weighted by Gasteiger charge is 2.39. The Morgan fingerprint density at radius 2 is 1.42 bits per heavy atom. The van der Waals surface area contributed by atoms with Gasteiger partial charge in [-0.15, -0.1) is 0 Å². The van der Waals surface area contributed by atoms with Crippen molar-refractivity contribution < 1.29 is 53.4 Å². The highest BCUT2D eigenvalue weighted by Crippen LogP contribution is 2.20. The highest BCUT2D eigenvalue weighted by atomic mass is 16.4. The van der Waals surface area contributed by atoms with Gasteiger partial charge in [0.1, 0.15) is 30.2 Å². The fraction of sp³-hybridized carbons (Fsp3) is 0.667. The number of fused-ring (bicyclic) bond motifs is 1. The molecule has 18 heteroatoms. The van der Waals surface area contributed by atoms with Gasteiger partial charge in [0.15, 0.2) is 0 Å². The molecule has 0 unspecified atom stereocenters. The second kappa shape index (κ2) is 16.9. The summed E-state index contributed by atoms with van der Waals surface area (Å²) >= 11 is 0. The summed E-state index contributed by atoms with van der Waals surface area (Å²) in [5.74, 6) is -8.63. The van der Waals surface area contributed by atoms with Crippen molar-refractivity contribution in [3.05, 3.63) is 0 Å². The minimum Gasteiger partial charge on any atom is -0.481 e. The molecule has 2 aliphatic rings. The van der Waals surface area contributed by atoms with Gasteiger partial charge in [-0.05, 0) is 38.5 Å². The van der Waals surface area contributed by atoms with Crippen LogP contribution in [0.3, 0.4) is 0 Å². The van der Waals surface area contributed by atoms with Crippen molar-refractivity contribution in [2.45, 2.75) is 89.5 Å². The molecule has 0 aromatic heterocycles. The molecule has 0 radical (unpaired) electrons. The summed E-state index contributed by atoms with van der Waals surface area (Å²) in [5, 5.41) is 32.4. The molecule has 7 amide bonds. The van der Waals surface area contributed by atoms with Crippen molar-refractivity contribution in [3.63, 3.8) is 0 Å². The second-order valence-electron chi connectivity index (χ2n) is 11.3. The van der Waals surface area contributed by atoms with Crippen LogP contribution in [0.25, 0.3) is 0 Å². The topological polar surface area (TPSA) is 270 Å². The van der Waals surface area contributed by atoms with Crippen molar-refractivity contribution in [3.8, 4) is 0 Å². The molecular weight excluding hydrogens is 598 g/mol. The maximum Gasteiger partial charge on any atom is 0.305 e.